The smallest absolute Gasteiger partial charge is 0.105 e. The van der Waals surface area contributed by atoms with Crippen LogP contribution in [0.25, 0.3) is 0 Å². The summed E-state index contributed by atoms with van der Waals surface area (Å²) in [6.07, 6.45) is 2.78. The number of hydrogen-bond acceptors (Lipinski definition) is 2. The molecule has 2 heteroatoms. The van der Waals surface area contributed by atoms with E-state index in [-0.39, 0.29) is 5.41 Å². The molecular weight excluding hydrogens is 228 g/mol. The molecular formula is C15H20OS. The maximum Gasteiger partial charge on any atom is 0.105 e. The SMILES string of the molecule is C=CC(C)(O)c1ccc2c(c1)C(C)(C)CCS2. The van der Waals surface area contributed by atoms with Crippen molar-refractivity contribution in [3.63, 3.8) is 0 Å². The molecule has 1 unspecified atom stereocenters. The fraction of sp³-hybridized carbons (Fsp3) is 0.467. The van der Waals surface area contributed by atoms with Gasteiger partial charge in [0.05, 0.1) is 0 Å². The van der Waals surface area contributed by atoms with Crippen LogP contribution in [0.5, 0.6) is 0 Å². The molecule has 0 saturated carbocycles. The molecule has 1 aliphatic heterocycles. The van der Waals surface area contributed by atoms with Gasteiger partial charge in [0.25, 0.3) is 0 Å². The minimum Gasteiger partial charge on any atom is -0.381 e. The lowest BCUT2D eigenvalue weighted by Crippen LogP contribution is -2.25. The van der Waals surface area contributed by atoms with Crippen LogP contribution in [0.3, 0.4) is 0 Å². The molecule has 1 nitrogen and oxygen atoms in total. The zero-order valence-corrected chi connectivity index (χ0v) is 11.6. The first kappa shape index (κ1) is 12.7. The van der Waals surface area contributed by atoms with Crippen LogP contribution in [-0.2, 0) is 11.0 Å². The van der Waals surface area contributed by atoms with Gasteiger partial charge in [0.2, 0.25) is 0 Å². The zero-order chi connectivity index (χ0) is 12.7. The van der Waals surface area contributed by atoms with Crippen molar-refractivity contribution >= 4 is 11.8 Å². The van der Waals surface area contributed by atoms with Gasteiger partial charge in [0.15, 0.2) is 0 Å². The molecule has 1 N–H and O–H groups in total. The Kier molecular flexibility index (Phi) is 3.13. The molecule has 17 heavy (non-hydrogen) atoms. The molecule has 92 valence electrons. The van der Waals surface area contributed by atoms with Crippen LogP contribution in [0.4, 0.5) is 0 Å². The van der Waals surface area contributed by atoms with Crippen LogP contribution in [0.15, 0.2) is 35.7 Å². The summed E-state index contributed by atoms with van der Waals surface area (Å²) in [6, 6.07) is 6.28. The summed E-state index contributed by atoms with van der Waals surface area (Å²) in [5.74, 6) is 1.18. The summed E-state index contributed by atoms with van der Waals surface area (Å²) in [5, 5.41) is 10.2. The topological polar surface area (TPSA) is 20.2 Å². The third-order valence-corrected chi connectivity index (χ3v) is 4.75. The van der Waals surface area contributed by atoms with Crippen molar-refractivity contribution in [2.75, 3.05) is 5.75 Å². The largest absolute Gasteiger partial charge is 0.381 e. The number of fused-ring (bicyclic) bond motifs is 1. The molecule has 0 bridgehead atoms. The summed E-state index contributed by atoms with van der Waals surface area (Å²) < 4.78 is 0. The maximum absolute atomic E-state index is 10.2. The molecule has 0 spiro atoms. The van der Waals surface area contributed by atoms with Gasteiger partial charge < -0.3 is 5.11 Å². The van der Waals surface area contributed by atoms with E-state index >= 15 is 0 Å². The van der Waals surface area contributed by atoms with E-state index in [0.717, 1.165) is 5.56 Å². The fourth-order valence-electron chi connectivity index (χ4n) is 2.17. The van der Waals surface area contributed by atoms with Gasteiger partial charge in [0.1, 0.15) is 5.60 Å². The first-order valence-corrected chi connectivity index (χ1v) is 6.99. The van der Waals surface area contributed by atoms with Crippen molar-refractivity contribution in [3.8, 4) is 0 Å². The van der Waals surface area contributed by atoms with Gasteiger partial charge in [-0.15, -0.1) is 11.8 Å². The molecule has 1 aliphatic rings. The Labute approximate surface area is 108 Å². The predicted octanol–water partition coefficient (Wildman–Crippen LogP) is 3.85. The highest BCUT2D eigenvalue weighted by Gasteiger charge is 2.30. The summed E-state index contributed by atoms with van der Waals surface area (Å²) >= 11 is 1.91. The fourth-order valence-corrected chi connectivity index (χ4v) is 3.66. The lowest BCUT2D eigenvalue weighted by atomic mass is 9.79. The third-order valence-electron chi connectivity index (χ3n) is 3.68. The molecule has 0 aliphatic carbocycles. The highest BCUT2D eigenvalue weighted by molar-refractivity contribution is 7.99. The first-order chi connectivity index (χ1) is 7.87. The van der Waals surface area contributed by atoms with Crippen LogP contribution in [0.2, 0.25) is 0 Å². The number of rotatable bonds is 2. The Hall–Kier alpha value is -0.730. The molecule has 1 aromatic carbocycles. The molecule has 0 fully saturated rings. The Bertz CT molecular complexity index is 446. The van der Waals surface area contributed by atoms with Crippen molar-refractivity contribution in [1.82, 2.24) is 0 Å². The van der Waals surface area contributed by atoms with Crippen molar-refractivity contribution in [2.24, 2.45) is 0 Å². The minimum atomic E-state index is -0.937. The second-order valence-corrected chi connectivity index (χ2v) is 6.68. The molecule has 1 heterocycles. The van der Waals surface area contributed by atoms with E-state index in [1.54, 1.807) is 13.0 Å². The lowest BCUT2D eigenvalue weighted by molar-refractivity contribution is 0.111. The van der Waals surface area contributed by atoms with E-state index in [0.29, 0.717) is 0 Å². The number of thioether (sulfide) groups is 1. The van der Waals surface area contributed by atoms with Crippen molar-refractivity contribution in [2.45, 2.75) is 43.1 Å². The predicted molar refractivity (Wildman–Crippen MR) is 74.6 cm³/mol. The second-order valence-electron chi connectivity index (χ2n) is 5.54. The number of hydrogen-bond donors (Lipinski definition) is 1. The quantitative estimate of drug-likeness (QED) is 0.802. The van der Waals surface area contributed by atoms with E-state index < -0.39 is 5.60 Å². The molecule has 0 amide bonds. The van der Waals surface area contributed by atoms with E-state index in [1.807, 2.05) is 17.8 Å². The monoisotopic (exact) mass is 248 g/mol. The molecule has 0 saturated heterocycles. The summed E-state index contributed by atoms with van der Waals surface area (Å²) in [7, 11) is 0. The number of benzene rings is 1. The molecule has 0 aromatic heterocycles. The molecule has 1 atom stereocenters. The van der Waals surface area contributed by atoms with Gasteiger partial charge in [-0.2, -0.15) is 0 Å². The Morgan fingerprint density at radius 2 is 2.18 bits per heavy atom. The molecule has 1 aromatic rings. The Morgan fingerprint density at radius 3 is 2.82 bits per heavy atom. The lowest BCUT2D eigenvalue weighted by Gasteiger charge is -2.33. The van der Waals surface area contributed by atoms with Crippen LogP contribution in [0.1, 0.15) is 38.3 Å². The Balaban J connectivity index is 2.52. The van der Waals surface area contributed by atoms with Crippen LogP contribution < -0.4 is 0 Å². The standard InChI is InChI=1S/C15H20OS/c1-5-15(4,16)11-6-7-13-12(10-11)14(2,3)8-9-17-13/h5-7,10,16H,1,8-9H2,2-4H3. The van der Waals surface area contributed by atoms with Crippen molar-refractivity contribution in [3.05, 3.63) is 42.0 Å². The minimum absolute atomic E-state index is 0.202. The van der Waals surface area contributed by atoms with Crippen molar-refractivity contribution in [1.29, 1.82) is 0 Å². The highest BCUT2D eigenvalue weighted by Crippen LogP contribution is 2.42. The third kappa shape index (κ3) is 2.29. The first-order valence-electron chi connectivity index (χ1n) is 6.00. The van der Waals surface area contributed by atoms with E-state index in [4.69, 9.17) is 0 Å². The Morgan fingerprint density at radius 1 is 1.47 bits per heavy atom. The molecule has 0 radical (unpaired) electrons. The summed E-state index contributed by atoms with van der Waals surface area (Å²) in [6.45, 7) is 10.0. The van der Waals surface area contributed by atoms with Gasteiger partial charge in [-0.3, -0.25) is 0 Å². The van der Waals surface area contributed by atoms with Crippen LogP contribution in [0, 0.1) is 0 Å². The normalized spacial score (nSPS) is 21.4. The summed E-state index contributed by atoms with van der Waals surface area (Å²) in [5.41, 5.74) is 1.55. The average molecular weight is 248 g/mol. The number of aliphatic hydroxyl groups is 1. The van der Waals surface area contributed by atoms with Crippen LogP contribution >= 0.6 is 11.8 Å². The van der Waals surface area contributed by atoms with Gasteiger partial charge in [0, 0.05) is 4.90 Å². The van der Waals surface area contributed by atoms with Crippen molar-refractivity contribution < 1.29 is 5.11 Å². The van der Waals surface area contributed by atoms with Gasteiger partial charge in [-0.1, -0.05) is 38.6 Å². The average Bonchev–Trinajstić information content (AvgIpc) is 2.28. The van der Waals surface area contributed by atoms with E-state index in [2.05, 4.69) is 32.6 Å². The highest BCUT2D eigenvalue weighted by atomic mass is 32.2. The van der Waals surface area contributed by atoms with Crippen LogP contribution in [-0.4, -0.2) is 10.9 Å². The van der Waals surface area contributed by atoms with E-state index in [9.17, 15) is 5.11 Å². The van der Waals surface area contributed by atoms with Gasteiger partial charge >= 0.3 is 0 Å². The summed E-state index contributed by atoms with van der Waals surface area (Å²) in [4.78, 5) is 1.35. The zero-order valence-electron chi connectivity index (χ0n) is 10.8. The molecule has 2 rings (SSSR count). The maximum atomic E-state index is 10.2. The van der Waals surface area contributed by atoms with Gasteiger partial charge in [-0.25, -0.2) is 0 Å². The van der Waals surface area contributed by atoms with Gasteiger partial charge in [-0.05, 0) is 41.7 Å². The second kappa shape index (κ2) is 4.18. The van der Waals surface area contributed by atoms with E-state index in [1.165, 1.54) is 22.6 Å².